The lowest BCUT2D eigenvalue weighted by Crippen LogP contribution is -2.36. The minimum Gasteiger partial charge on any atom is -0.393 e. The first-order valence-electron chi connectivity index (χ1n) is 7.38. The van der Waals surface area contributed by atoms with Crippen molar-refractivity contribution in [3.63, 3.8) is 0 Å². The Balaban J connectivity index is 1.99. The van der Waals surface area contributed by atoms with Crippen molar-refractivity contribution in [3.8, 4) is 11.8 Å². The molecule has 4 heteroatoms. The van der Waals surface area contributed by atoms with Crippen molar-refractivity contribution in [3.05, 3.63) is 35.1 Å². The Labute approximate surface area is 125 Å². The highest BCUT2D eigenvalue weighted by atomic mass is 19.1. The molecule has 3 nitrogen and oxygen atoms in total. The molecule has 114 valence electrons. The lowest BCUT2D eigenvalue weighted by atomic mass is 9.92. The lowest BCUT2D eigenvalue weighted by Gasteiger charge is -2.33. The number of likely N-dealkylation sites (tertiary alicyclic amines) is 1. The van der Waals surface area contributed by atoms with Crippen LogP contribution in [0.25, 0.3) is 0 Å². The van der Waals surface area contributed by atoms with E-state index in [1.54, 1.807) is 0 Å². The highest BCUT2D eigenvalue weighted by Gasteiger charge is 2.22. The molecule has 1 aliphatic rings. The Morgan fingerprint density at radius 2 is 2.05 bits per heavy atom. The SMILES string of the molecule is CC(O)C1CCN(Cc2cc(F)cc(C#CCO)c2)CC1. The Morgan fingerprint density at radius 1 is 1.33 bits per heavy atom. The molecule has 0 radical (unpaired) electrons. The number of hydrogen-bond acceptors (Lipinski definition) is 3. The molecule has 2 rings (SSSR count). The van der Waals surface area contributed by atoms with E-state index in [1.165, 1.54) is 12.1 Å². The molecular weight excluding hydrogens is 269 g/mol. The van der Waals surface area contributed by atoms with Crippen molar-refractivity contribution < 1.29 is 14.6 Å². The molecule has 2 N–H and O–H groups in total. The molecule has 1 aromatic rings. The number of nitrogens with zero attached hydrogens (tertiary/aromatic N) is 1. The maximum Gasteiger partial charge on any atom is 0.124 e. The standard InChI is InChI=1S/C17H22FNO2/c1-13(21)16-4-6-19(7-5-16)12-15-9-14(3-2-8-20)10-17(18)11-15/h9-11,13,16,20-21H,4-8,12H2,1H3. The molecule has 0 spiro atoms. The summed E-state index contributed by atoms with van der Waals surface area (Å²) in [5.41, 5.74) is 1.49. The van der Waals surface area contributed by atoms with Gasteiger partial charge in [-0.05, 0) is 62.5 Å². The van der Waals surface area contributed by atoms with Gasteiger partial charge in [-0.3, -0.25) is 4.90 Å². The molecule has 1 heterocycles. The van der Waals surface area contributed by atoms with Crippen LogP contribution in [0.5, 0.6) is 0 Å². The van der Waals surface area contributed by atoms with Gasteiger partial charge in [0, 0.05) is 12.1 Å². The van der Waals surface area contributed by atoms with E-state index in [4.69, 9.17) is 5.11 Å². The molecule has 0 saturated carbocycles. The fourth-order valence-corrected chi connectivity index (χ4v) is 2.81. The Kier molecular flexibility index (Phi) is 5.75. The molecule has 0 aromatic heterocycles. The second-order valence-electron chi connectivity index (χ2n) is 5.66. The predicted molar refractivity (Wildman–Crippen MR) is 80.0 cm³/mol. The molecule has 21 heavy (non-hydrogen) atoms. The molecule has 1 unspecified atom stereocenters. The van der Waals surface area contributed by atoms with Gasteiger partial charge in [-0.25, -0.2) is 4.39 Å². The Hall–Kier alpha value is -1.41. The van der Waals surface area contributed by atoms with E-state index >= 15 is 0 Å². The zero-order chi connectivity index (χ0) is 15.2. The van der Waals surface area contributed by atoms with Gasteiger partial charge in [-0.2, -0.15) is 0 Å². The average molecular weight is 291 g/mol. The minimum absolute atomic E-state index is 0.224. The summed E-state index contributed by atoms with van der Waals surface area (Å²) in [5, 5.41) is 18.3. The molecule has 1 aliphatic heterocycles. The summed E-state index contributed by atoms with van der Waals surface area (Å²) in [4.78, 5) is 2.27. The second-order valence-corrected chi connectivity index (χ2v) is 5.66. The quantitative estimate of drug-likeness (QED) is 0.834. The smallest absolute Gasteiger partial charge is 0.124 e. The third kappa shape index (κ3) is 4.82. The van der Waals surface area contributed by atoms with Crippen molar-refractivity contribution >= 4 is 0 Å². The van der Waals surface area contributed by atoms with Crippen LogP contribution in [0.2, 0.25) is 0 Å². The van der Waals surface area contributed by atoms with Crippen molar-refractivity contribution in [1.29, 1.82) is 0 Å². The van der Waals surface area contributed by atoms with Crippen molar-refractivity contribution in [2.75, 3.05) is 19.7 Å². The van der Waals surface area contributed by atoms with Crippen LogP contribution in [0.1, 0.15) is 30.9 Å². The third-order valence-electron chi connectivity index (χ3n) is 3.99. The van der Waals surface area contributed by atoms with Crippen LogP contribution in [0.15, 0.2) is 18.2 Å². The summed E-state index contributed by atoms with van der Waals surface area (Å²) in [6, 6.07) is 4.78. The third-order valence-corrected chi connectivity index (χ3v) is 3.99. The van der Waals surface area contributed by atoms with Gasteiger partial charge in [0.2, 0.25) is 0 Å². The van der Waals surface area contributed by atoms with E-state index in [1.807, 2.05) is 13.0 Å². The van der Waals surface area contributed by atoms with Gasteiger partial charge in [0.1, 0.15) is 12.4 Å². The summed E-state index contributed by atoms with van der Waals surface area (Å²) in [7, 11) is 0. The zero-order valence-corrected chi connectivity index (χ0v) is 12.3. The maximum absolute atomic E-state index is 13.6. The molecule has 0 aliphatic carbocycles. The summed E-state index contributed by atoms with van der Waals surface area (Å²) >= 11 is 0. The van der Waals surface area contributed by atoms with Crippen LogP contribution in [0.4, 0.5) is 4.39 Å². The van der Waals surface area contributed by atoms with E-state index in [0.29, 0.717) is 18.0 Å². The summed E-state index contributed by atoms with van der Waals surface area (Å²) in [6.07, 6.45) is 1.70. The maximum atomic E-state index is 13.6. The van der Waals surface area contributed by atoms with Crippen LogP contribution in [0, 0.1) is 23.6 Å². The van der Waals surface area contributed by atoms with Gasteiger partial charge in [-0.15, -0.1) is 0 Å². The van der Waals surface area contributed by atoms with E-state index in [9.17, 15) is 9.50 Å². The first-order valence-corrected chi connectivity index (χ1v) is 7.38. The lowest BCUT2D eigenvalue weighted by molar-refractivity contribution is 0.0695. The number of halogens is 1. The van der Waals surface area contributed by atoms with Gasteiger partial charge in [0.15, 0.2) is 0 Å². The second kappa shape index (κ2) is 7.56. The van der Waals surface area contributed by atoms with Crippen LogP contribution in [0.3, 0.4) is 0 Å². The van der Waals surface area contributed by atoms with E-state index in [2.05, 4.69) is 16.7 Å². The predicted octanol–water partition coefficient (Wildman–Crippen LogP) is 1.76. The van der Waals surface area contributed by atoms with E-state index in [-0.39, 0.29) is 18.5 Å². The van der Waals surface area contributed by atoms with Crippen molar-refractivity contribution in [2.24, 2.45) is 5.92 Å². The fraction of sp³-hybridized carbons (Fsp3) is 0.529. The van der Waals surface area contributed by atoms with Crippen LogP contribution >= 0.6 is 0 Å². The molecular formula is C17H22FNO2. The van der Waals surface area contributed by atoms with Crippen LogP contribution in [-0.2, 0) is 6.54 Å². The van der Waals surface area contributed by atoms with E-state index in [0.717, 1.165) is 31.5 Å². The number of rotatable bonds is 3. The molecule has 1 saturated heterocycles. The van der Waals surface area contributed by atoms with E-state index < -0.39 is 0 Å². The average Bonchev–Trinajstić information content (AvgIpc) is 2.45. The van der Waals surface area contributed by atoms with Gasteiger partial charge < -0.3 is 10.2 Å². The van der Waals surface area contributed by atoms with Gasteiger partial charge in [0.25, 0.3) is 0 Å². The highest BCUT2D eigenvalue weighted by molar-refractivity contribution is 5.37. The van der Waals surface area contributed by atoms with Crippen LogP contribution in [-0.4, -0.2) is 40.9 Å². The largest absolute Gasteiger partial charge is 0.393 e. The summed E-state index contributed by atoms with van der Waals surface area (Å²) in [6.45, 7) is 4.16. The van der Waals surface area contributed by atoms with Gasteiger partial charge >= 0.3 is 0 Å². The first-order chi connectivity index (χ1) is 10.1. The molecule has 1 aromatic carbocycles. The summed E-state index contributed by atoms with van der Waals surface area (Å²) < 4.78 is 13.6. The number of hydrogen-bond donors (Lipinski definition) is 2. The topological polar surface area (TPSA) is 43.7 Å². The number of piperidine rings is 1. The Morgan fingerprint density at radius 3 is 2.67 bits per heavy atom. The number of benzene rings is 1. The zero-order valence-electron chi connectivity index (χ0n) is 12.3. The number of aliphatic hydroxyl groups excluding tert-OH is 2. The molecule has 1 atom stereocenters. The number of aliphatic hydroxyl groups is 2. The first kappa shape index (κ1) is 16.0. The fourth-order valence-electron chi connectivity index (χ4n) is 2.81. The van der Waals surface area contributed by atoms with Crippen molar-refractivity contribution in [1.82, 2.24) is 4.90 Å². The molecule has 1 fully saturated rings. The highest BCUT2D eigenvalue weighted by Crippen LogP contribution is 2.22. The minimum atomic E-state index is -0.298. The van der Waals surface area contributed by atoms with Gasteiger partial charge in [0.05, 0.1) is 6.10 Å². The van der Waals surface area contributed by atoms with Crippen LogP contribution < -0.4 is 0 Å². The monoisotopic (exact) mass is 291 g/mol. The molecule has 0 bridgehead atoms. The summed E-state index contributed by atoms with van der Waals surface area (Å²) in [5.74, 6) is 5.36. The normalized spacial score (nSPS) is 18.1. The molecule has 0 amide bonds. The van der Waals surface area contributed by atoms with Gasteiger partial charge in [-0.1, -0.05) is 11.8 Å². The Bertz CT molecular complexity index is 525. The van der Waals surface area contributed by atoms with Crippen molar-refractivity contribution in [2.45, 2.75) is 32.4 Å².